The third kappa shape index (κ3) is 11.4. The summed E-state index contributed by atoms with van der Waals surface area (Å²) in [5.41, 5.74) is 0. The lowest BCUT2D eigenvalue weighted by molar-refractivity contribution is 0.120. The maximum atomic E-state index is 12.1. The van der Waals surface area contributed by atoms with E-state index in [-0.39, 0.29) is 0 Å². The van der Waals surface area contributed by atoms with Gasteiger partial charge in [0.25, 0.3) is 0 Å². The molecule has 0 amide bonds. The van der Waals surface area contributed by atoms with Crippen LogP contribution in [0.15, 0.2) is 0 Å². The van der Waals surface area contributed by atoms with E-state index in [2.05, 4.69) is 6.92 Å². The summed E-state index contributed by atoms with van der Waals surface area (Å²) in [6, 6.07) is 0. The Morgan fingerprint density at radius 2 is 1.24 bits per heavy atom. The van der Waals surface area contributed by atoms with Crippen molar-refractivity contribution >= 4 is 7.82 Å². The molecule has 5 nitrogen and oxygen atoms in total. The lowest BCUT2D eigenvalue weighted by atomic mass is 10.0. The number of rotatable bonds is 18. The second-order valence-electron chi connectivity index (χ2n) is 6.73. The topological polar surface area (TPSA) is 57.3 Å². The summed E-state index contributed by atoms with van der Waals surface area (Å²) in [6.07, 6.45) is 14.5. The quantitative estimate of drug-likeness (QED) is 0.160. The molecule has 0 radical (unpaired) electrons. The fourth-order valence-corrected chi connectivity index (χ4v) is 4.25. The van der Waals surface area contributed by atoms with Crippen LogP contribution in [0.25, 0.3) is 0 Å². The summed E-state index contributed by atoms with van der Waals surface area (Å²) in [4.78, 5) is 0. The molecule has 0 aliphatic carbocycles. The fraction of sp³-hybridized carbons (Fsp3) is 1.00. The molecule has 6 heteroatoms. The highest BCUT2D eigenvalue weighted by atomic mass is 31.2. The maximum Gasteiger partial charge on any atom is 0.474 e. The maximum absolute atomic E-state index is 12.1. The van der Waals surface area contributed by atoms with Crippen molar-refractivity contribution in [1.82, 2.24) is 0 Å². The number of phosphoric ester groups is 1. The van der Waals surface area contributed by atoms with Gasteiger partial charge in [0.1, 0.15) is 0 Å². The predicted octanol–water partition coefficient (Wildman–Crippen LogP) is 6.26. The van der Waals surface area contributed by atoms with Crippen molar-refractivity contribution in [3.63, 3.8) is 0 Å². The van der Waals surface area contributed by atoms with Gasteiger partial charge in [0.15, 0.2) is 0 Å². The molecule has 1 rings (SSSR count). The molecule has 0 spiro atoms. The second kappa shape index (κ2) is 14.2. The van der Waals surface area contributed by atoms with Crippen LogP contribution in [-0.2, 0) is 22.9 Å². The van der Waals surface area contributed by atoms with Gasteiger partial charge in [-0.15, -0.1) is 0 Å². The number of hydrogen-bond donors (Lipinski definition) is 0. The van der Waals surface area contributed by atoms with E-state index in [1.807, 2.05) is 0 Å². The van der Waals surface area contributed by atoms with E-state index < -0.39 is 7.82 Å². The summed E-state index contributed by atoms with van der Waals surface area (Å²) in [6.45, 7) is 6.92. The van der Waals surface area contributed by atoms with Crippen LogP contribution in [0, 0.1) is 0 Å². The summed E-state index contributed by atoms with van der Waals surface area (Å²) < 4.78 is 33.4. The Hall–Kier alpha value is 0.0700. The largest absolute Gasteiger partial charge is 0.474 e. The van der Waals surface area contributed by atoms with Crippen LogP contribution in [-0.4, -0.2) is 32.0 Å². The molecule has 0 saturated carbocycles. The first-order valence-electron chi connectivity index (χ1n) is 10.3. The van der Waals surface area contributed by atoms with Crippen LogP contribution in [0.1, 0.15) is 91.4 Å². The third-order valence-electron chi connectivity index (χ3n) is 4.49. The molecule has 2 atom stereocenters. The Balaban J connectivity index is 1.89. The molecule has 1 fully saturated rings. The Labute approximate surface area is 154 Å². The monoisotopic (exact) mass is 378 g/mol. The van der Waals surface area contributed by atoms with E-state index >= 15 is 0 Å². The molecular weight excluding hydrogens is 339 g/mol. The minimum absolute atomic E-state index is 0.333. The standard InChI is InChI=1S/C19H39O5P/c1-4-7-8-12-15-18-19(24-18)16-13-10-9-11-14-17-23-25(20,21-5-2)22-6-3/h18-19H,4-17H2,1-3H3. The van der Waals surface area contributed by atoms with E-state index in [4.69, 9.17) is 18.3 Å². The zero-order chi connectivity index (χ0) is 18.4. The summed E-state index contributed by atoms with van der Waals surface area (Å²) in [7, 11) is -3.32. The van der Waals surface area contributed by atoms with Crippen LogP contribution >= 0.6 is 7.82 Å². The average Bonchev–Trinajstić information content (AvgIpc) is 3.33. The molecule has 2 unspecified atom stereocenters. The molecule has 1 aliphatic heterocycles. The van der Waals surface area contributed by atoms with Crippen LogP contribution in [0.3, 0.4) is 0 Å². The highest BCUT2D eigenvalue weighted by Crippen LogP contribution is 2.49. The van der Waals surface area contributed by atoms with Gasteiger partial charge in [-0.05, 0) is 33.1 Å². The Bertz CT molecular complexity index is 354. The fourth-order valence-electron chi connectivity index (χ4n) is 3.04. The molecule has 0 aromatic carbocycles. The number of unbranched alkanes of at least 4 members (excludes halogenated alkanes) is 7. The Morgan fingerprint density at radius 1 is 0.720 bits per heavy atom. The van der Waals surface area contributed by atoms with Crippen molar-refractivity contribution in [2.24, 2.45) is 0 Å². The lowest BCUT2D eigenvalue weighted by Gasteiger charge is -2.16. The normalized spacial score (nSPS) is 20.1. The highest BCUT2D eigenvalue weighted by Gasteiger charge is 2.36. The van der Waals surface area contributed by atoms with Crippen molar-refractivity contribution in [3.05, 3.63) is 0 Å². The van der Waals surface area contributed by atoms with Gasteiger partial charge in [-0.25, -0.2) is 4.57 Å². The number of ether oxygens (including phenoxy) is 1. The molecule has 1 heterocycles. The van der Waals surface area contributed by atoms with Gasteiger partial charge in [-0.1, -0.05) is 58.3 Å². The minimum Gasteiger partial charge on any atom is -0.370 e. The molecule has 1 saturated heterocycles. The number of epoxide rings is 1. The van der Waals surface area contributed by atoms with Crippen LogP contribution in [0.2, 0.25) is 0 Å². The van der Waals surface area contributed by atoms with Gasteiger partial charge in [-0.2, -0.15) is 0 Å². The van der Waals surface area contributed by atoms with E-state index in [0.29, 0.717) is 32.0 Å². The van der Waals surface area contributed by atoms with Crippen molar-refractivity contribution in [2.75, 3.05) is 19.8 Å². The number of hydrogen-bond acceptors (Lipinski definition) is 5. The van der Waals surface area contributed by atoms with E-state index in [1.165, 1.54) is 57.8 Å². The van der Waals surface area contributed by atoms with Gasteiger partial charge in [0, 0.05) is 0 Å². The molecule has 150 valence electrons. The zero-order valence-electron chi connectivity index (χ0n) is 16.5. The summed E-state index contributed by atoms with van der Waals surface area (Å²) >= 11 is 0. The van der Waals surface area contributed by atoms with Crippen molar-refractivity contribution < 1.29 is 22.9 Å². The van der Waals surface area contributed by atoms with Crippen molar-refractivity contribution in [3.8, 4) is 0 Å². The van der Waals surface area contributed by atoms with Gasteiger partial charge in [0.2, 0.25) is 0 Å². The molecule has 0 aromatic rings. The molecule has 0 N–H and O–H groups in total. The van der Waals surface area contributed by atoms with Crippen molar-refractivity contribution in [1.29, 1.82) is 0 Å². The molecular formula is C19H39O5P. The molecule has 0 aromatic heterocycles. The molecule has 1 aliphatic rings. The smallest absolute Gasteiger partial charge is 0.370 e. The molecule has 25 heavy (non-hydrogen) atoms. The first-order valence-corrected chi connectivity index (χ1v) is 11.8. The van der Waals surface area contributed by atoms with E-state index in [0.717, 1.165) is 12.8 Å². The number of phosphoric acid groups is 1. The Morgan fingerprint density at radius 3 is 1.80 bits per heavy atom. The first-order chi connectivity index (χ1) is 12.1. The predicted molar refractivity (Wildman–Crippen MR) is 102 cm³/mol. The highest BCUT2D eigenvalue weighted by molar-refractivity contribution is 7.48. The van der Waals surface area contributed by atoms with E-state index in [9.17, 15) is 4.57 Å². The average molecular weight is 378 g/mol. The van der Waals surface area contributed by atoms with Gasteiger partial charge >= 0.3 is 7.82 Å². The first kappa shape index (κ1) is 23.1. The van der Waals surface area contributed by atoms with Crippen LogP contribution in [0.4, 0.5) is 0 Å². The van der Waals surface area contributed by atoms with Gasteiger partial charge in [-0.3, -0.25) is 13.6 Å². The Kier molecular flexibility index (Phi) is 13.1. The van der Waals surface area contributed by atoms with E-state index in [1.54, 1.807) is 13.8 Å². The van der Waals surface area contributed by atoms with Crippen molar-refractivity contribution in [2.45, 2.75) is 104 Å². The molecule has 0 bridgehead atoms. The van der Waals surface area contributed by atoms with Crippen LogP contribution < -0.4 is 0 Å². The summed E-state index contributed by atoms with van der Waals surface area (Å²) in [5.74, 6) is 0. The third-order valence-corrected chi connectivity index (χ3v) is 6.13. The lowest BCUT2D eigenvalue weighted by Crippen LogP contribution is -2.01. The SMILES string of the molecule is CCCCCCC1OC1CCCCCCCOP(=O)(OCC)OCC. The van der Waals surface area contributed by atoms with Crippen LogP contribution in [0.5, 0.6) is 0 Å². The summed E-state index contributed by atoms with van der Waals surface area (Å²) in [5, 5.41) is 0. The minimum atomic E-state index is -3.32. The zero-order valence-corrected chi connectivity index (χ0v) is 17.4. The van der Waals surface area contributed by atoms with Gasteiger partial charge < -0.3 is 4.74 Å². The second-order valence-corrected chi connectivity index (χ2v) is 8.40. The van der Waals surface area contributed by atoms with Gasteiger partial charge in [0.05, 0.1) is 32.0 Å².